The number of imidazole rings is 1. The molecule has 3 aromatic rings. The van der Waals surface area contributed by atoms with Crippen molar-refractivity contribution in [2.45, 2.75) is 25.0 Å². The molecule has 0 spiro atoms. The van der Waals surface area contributed by atoms with Gasteiger partial charge in [-0.2, -0.15) is 0 Å². The normalized spacial score (nSPS) is 14.2. The molecule has 1 fully saturated rings. The first kappa shape index (κ1) is 19.7. The Morgan fingerprint density at radius 1 is 1.13 bits per heavy atom. The van der Waals surface area contributed by atoms with Crippen LogP contribution in [0.2, 0.25) is 0 Å². The minimum Gasteiger partial charge on any atom is -0.445 e. The van der Waals surface area contributed by atoms with Crippen molar-refractivity contribution in [2.24, 2.45) is 0 Å². The highest BCUT2D eigenvalue weighted by Gasteiger charge is 2.51. The van der Waals surface area contributed by atoms with E-state index in [9.17, 15) is 22.8 Å². The van der Waals surface area contributed by atoms with Crippen LogP contribution in [0.15, 0.2) is 55.1 Å². The number of halogens is 3. The van der Waals surface area contributed by atoms with Gasteiger partial charge in [-0.15, -0.1) is 0 Å². The summed E-state index contributed by atoms with van der Waals surface area (Å²) in [5, 5.41) is 2.43. The molecule has 154 valence electrons. The van der Waals surface area contributed by atoms with Crippen LogP contribution in [0.1, 0.15) is 34.3 Å². The Hall–Kier alpha value is -3.62. The average Bonchev–Trinajstić information content (AvgIpc) is 3.28. The van der Waals surface area contributed by atoms with Gasteiger partial charge in [-0.1, -0.05) is 30.3 Å². The van der Waals surface area contributed by atoms with Crippen molar-refractivity contribution < 1.29 is 27.5 Å². The number of ether oxygens (including phenoxy) is 1. The Morgan fingerprint density at radius 3 is 2.50 bits per heavy atom. The smallest absolute Gasteiger partial charge is 0.408 e. The van der Waals surface area contributed by atoms with E-state index in [1.165, 1.54) is 12.4 Å². The molecule has 0 radical (unpaired) electrons. The molecule has 0 aliphatic heterocycles. The molecular formula is C21H16F3N3O3. The van der Waals surface area contributed by atoms with Gasteiger partial charge in [-0.25, -0.2) is 22.9 Å². The lowest BCUT2D eigenvalue weighted by Gasteiger charge is -2.20. The van der Waals surface area contributed by atoms with Crippen LogP contribution in [-0.4, -0.2) is 21.6 Å². The van der Waals surface area contributed by atoms with Gasteiger partial charge in [0.1, 0.15) is 18.8 Å². The van der Waals surface area contributed by atoms with E-state index in [-0.39, 0.29) is 19.4 Å². The third-order valence-corrected chi connectivity index (χ3v) is 4.91. The number of rotatable bonds is 5. The van der Waals surface area contributed by atoms with Gasteiger partial charge >= 0.3 is 6.09 Å². The SMILES string of the molecule is O=C(NC1(c2c(F)cc(C(=O)n3ccnc3)c(F)c2F)CC1)OCc1ccccc1. The molecule has 1 amide bonds. The lowest BCUT2D eigenvalue weighted by atomic mass is 10.00. The van der Waals surface area contributed by atoms with Crippen molar-refractivity contribution in [3.8, 4) is 0 Å². The van der Waals surface area contributed by atoms with Crippen LogP contribution in [0.5, 0.6) is 0 Å². The zero-order valence-corrected chi connectivity index (χ0v) is 15.6. The predicted molar refractivity (Wildman–Crippen MR) is 98.9 cm³/mol. The molecule has 6 nitrogen and oxygen atoms in total. The largest absolute Gasteiger partial charge is 0.445 e. The van der Waals surface area contributed by atoms with Gasteiger partial charge in [-0.3, -0.25) is 9.36 Å². The number of hydrogen-bond donors (Lipinski definition) is 1. The van der Waals surface area contributed by atoms with Crippen LogP contribution in [0.25, 0.3) is 0 Å². The highest BCUT2D eigenvalue weighted by atomic mass is 19.2. The van der Waals surface area contributed by atoms with Crippen molar-refractivity contribution >= 4 is 12.0 Å². The Kier molecular flexibility index (Phi) is 5.03. The van der Waals surface area contributed by atoms with E-state index in [0.29, 0.717) is 6.07 Å². The molecule has 1 aromatic heterocycles. The van der Waals surface area contributed by atoms with Crippen molar-refractivity contribution in [1.29, 1.82) is 0 Å². The molecule has 1 N–H and O–H groups in total. The summed E-state index contributed by atoms with van der Waals surface area (Å²) in [5.41, 5.74) is -2.07. The number of carbonyl (C=O) groups is 2. The molecule has 30 heavy (non-hydrogen) atoms. The number of hydrogen-bond acceptors (Lipinski definition) is 4. The van der Waals surface area contributed by atoms with Crippen molar-refractivity contribution in [1.82, 2.24) is 14.9 Å². The van der Waals surface area contributed by atoms with Gasteiger partial charge in [0.15, 0.2) is 11.6 Å². The number of nitrogens with zero attached hydrogens (tertiary/aromatic N) is 2. The first-order valence-corrected chi connectivity index (χ1v) is 9.11. The van der Waals surface area contributed by atoms with Gasteiger partial charge in [-0.05, 0) is 24.5 Å². The molecule has 9 heteroatoms. The molecule has 2 aromatic carbocycles. The fourth-order valence-corrected chi connectivity index (χ4v) is 3.22. The summed E-state index contributed by atoms with van der Waals surface area (Å²) in [6.07, 6.45) is 3.14. The van der Waals surface area contributed by atoms with Crippen LogP contribution >= 0.6 is 0 Å². The molecule has 0 saturated heterocycles. The summed E-state index contributed by atoms with van der Waals surface area (Å²) in [6, 6.07) is 9.51. The average molecular weight is 415 g/mol. The highest BCUT2D eigenvalue weighted by Crippen LogP contribution is 2.48. The number of alkyl carbamates (subject to hydrolysis) is 1. The molecule has 0 unspecified atom stereocenters. The van der Waals surface area contributed by atoms with E-state index in [1.807, 2.05) is 6.07 Å². The molecular weight excluding hydrogens is 399 g/mol. The van der Waals surface area contributed by atoms with E-state index in [4.69, 9.17) is 4.74 Å². The Balaban J connectivity index is 1.55. The maximum absolute atomic E-state index is 14.8. The van der Waals surface area contributed by atoms with Gasteiger partial charge in [0.05, 0.1) is 16.7 Å². The van der Waals surface area contributed by atoms with Crippen LogP contribution in [0.4, 0.5) is 18.0 Å². The first-order chi connectivity index (χ1) is 14.4. The van der Waals surface area contributed by atoms with E-state index < -0.39 is 46.1 Å². The number of amides is 1. The number of nitrogens with one attached hydrogen (secondary N) is 1. The fraction of sp³-hybridized carbons (Fsp3) is 0.190. The quantitative estimate of drug-likeness (QED) is 0.642. The molecule has 1 saturated carbocycles. The molecule has 1 aliphatic rings. The summed E-state index contributed by atoms with van der Waals surface area (Å²) in [7, 11) is 0. The second kappa shape index (κ2) is 7.66. The summed E-state index contributed by atoms with van der Waals surface area (Å²) in [4.78, 5) is 28.1. The Bertz CT molecular complexity index is 1100. The lowest BCUT2D eigenvalue weighted by molar-refractivity contribution is 0.0953. The lowest BCUT2D eigenvalue weighted by Crippen LogP contribution is -2.37. The maximum atomic E-state index is 14.8. The van der Waals surface area contributed by atoms with Gasteiger partial charge in [0.2, 0.25) is 0 Å². The van der Waals surface area contributed by atoms with Crippen LogP contribution in [-0.2, 0) is 16.9 Å². The topological polar surface area (TPSA) is 73.2 Å². The monoisotopic (exact) mass is 415 g/mol. The van der Waals surface area contributed by atoms with Gasteiger partial charge < -0.3 is 10.1 Å². The Labute approximate surface area is 169 Å². The summed E-state index contributed by atoms with van der Waals surface area (Å²) < 4.78 is 50.1. The summed E-state index contributed by atoms with van der Waals surface area (Å²) >= 11 is 0. The maximum Gasteiger partial charge on any atom is 0.408 e. The molecule has 0 atom stereocenters. The Morgan fingerprint density at radius 2 is 1.87 bits per heavy atom. The van der Waals surface area contributed by atoms with Crippen molar-refractivity contribution in [3.05, 3.63) is 89.3 Å². The summed E-state index contributed by atoms with van der Waals surface area (Å²) in [5.74, 6) is -5.09. The van der Waals surface area contributed by atoms with Crippen molar-refractivity contribution in [2.75, 3.05) is 0 Å². The third-order valence-electron chi connectivity index (χ3n) is 4.91. The second-order valence-corrected chi connectivity index (χ2v) is 6.95. The standard InChI is InChI=1S/C21H16F3N3O3/c22-15-10-14(19(28)27-9-8-25-12-27)17(23)18(24)16(15)21(6-7-21)26-20(29)30-11-13-4-2-1-3-5-13/h1-5,8-10,12H,6-7,11H2,(H,26,29). The minimum atomic E-state index is -1.51. The molecule has 1 aliphatic carbocycles. The van der Waals surface area contributed by atoms with Crippen LogP contribution < -0.4 is 5.32 Å². The van der Waals surface area contributed by atoms with E-state index in [1.54, 1.807) is 24.3 Å². The predicted octanol–water partition coefficient (Wildman–Crippen LogP) is 3.90. The zero-order valence-electron chi connectivity index (χ0n) is 15.6. The first-order valence-electron chi connectivity index (χ1n) is 9.11. The van der Waals surface area contributed by atoms with Crippen LogP contribution in [0, 0.1) is 17.5 Å². The number of aromatic nitrogens is 2. The fourth-order valence-electron chi connectivity index (χ4n) is 3.22. The number of carbonyl (C=O) groups excluding carboxylic acids is 2. The van der Waals surface area contributed by atoms with Crippen molar-refractivity contribution in [3.63, 3.8) is 0 Å². The molecule has 4 rings (SSSR count). The summed E-state index contributed by atoms with van der Waals surface area (Å²) in [6.45, 7) is -0.0274. The zero-order chi connectivity index (χ0) is 21.3. The van der Waals surface area contributed by atoms with Gasteiger partial charge in [0.25, 0.3) is 5.91 Å². The van der Waals surface area contributed by atoms with Gasteiger partial charge in [0, 0.05) is 12.4 Å². The van der Waals surface area contributed by atoms with Crippen LogP contribution in [0.3, 0.4) is 0 Å². The number of benzene rings is 2. The second-order valence-electron chi connectivity index (χ2n) is 6.95. The highest BCUT2D eigenvalue weighted by molar-refractivity contribution is 5.96. The molecule has 1 heterocycles. The van der Waals surface area contributed by atoms with E-state index in [2.05, 4.69) is 10.3 Å². The minimum absolute atomic E-state index is 0.0274. The molecule has 0 bridgehead atoms. The van der Waals surface area contributed by atoms with E-state index in [0.717, 1.165) is 16.5 Å². The third kappa shape index (κ3) is 3.66. The van der Waals surface area contributed by atoms with E-state index >= 15 is 0 Å².